The van der Waals surface area contributed by atoms with Gasteiger partial charge in [0.25, 0.3) is 0 Å². The quantitative estimate of drug-likeness (QED) is 0.748. The van der Waals surface area contributed by atoms with Crippen molar-refractivity contribution < 1.29 is 14.4 Å². The molecule has 0 spiro atoms. The van der Waals surface area contributed by atoms with E-state index in [1.165, 1.54) is 0 Å². The Labute approximate surface area is 161 Å². The van der Waals surface area contributed by atoms with Crippen molar-refractivity contribution in [2.45, 2.75) is 58.4 Å². The molecule has 0 N–H and O–H groups in total. The number of amides is 2. The van der Waals surface area contributed by atoms with Gasteiger partial charge in [-0.15, -0.1) is 0 Å². The highest BCUT2D eigenvalue weighted by Gasteiger charge is 2.37. The first kappa shape index (κ1) is 19.6. The fourth-order valence-electron chi connectivity index (χ4n) is 4.01. The van der Waals surface area contributed by atoms with Crippen LogP contribution in [0.1, 0.15) is 61.4 Å². The highest BCUT2D eigenvalue weighted by molar-refractivity contribution is 5.98. The lowest BCUT2D eigenvalue weighted by Crippen LogP contribution is -2.49. The summed E-state index contributed by atoms with van der Waals surface area (Å²) in [7, 11) is 0. The summed E-state index contributed by atoms with van der Waals surface area (Å²) in [5, 5.41) is 0. The summed E-state index contributed by atoms with van der Waals surface area (Å²) in [4.78, 5) is 41.5. The van der Waals surface area contributed by atoms with Gasteiger partial charge in [0.2, 0.25) is 11.8 Å². The van der Waals surface area contributed by atoms with Crippen LogP contribution in [0.25, 0.3) is 0 Å². The first-order chi connectivity index (χ1) is 13.0. The molecule has 27 heavy (non-hydrogen) atoms. The van der Waals surface area contributed by atoms with Crippen molar-refractivity contribution in [3.8, 4) is 0 Å². The van der Waals surface area contributed by atoms with E-state index in [0.29, 0.717) is 18.0 Å². The van der Waals surface area contributed by atoms with Crippen LogP contribution in [-0.4, -0.2) is 53.1 Å². The second-order valence-corrected chi connectivity index (χ2v) is 8.04. The molecule has 1 aromatic rings. The minimum absolute atomic E-state index is 0.0181. The summed E-state index contributed by atoms with van der Waals surface area (Å²) in [5.74, 6) is 0.674. The largest absolute Gasteiger partial charge is 0.341 e. The van der Waals surface area contributed by atoms with Crippen LogP contribution in [-0.2, 0) is 9.59 Å². The number of aryl methyl sites for hydroxylation is 1. The number of piperidine rings is 1. The van der Waals surface area contributed by atoms with Crippen LogP contribution in [0, 0.1) is 12.8 Å². The second-order valence-electron chi connectivity index (χ2n) is 8.04. The van der Waals surface area contributed by atoms with Crippen molar-refractivity contribution >= 4 is 17.6 Å². The average Bonchev–Trinajstić information content (AvgIpc) is 3.16. The molecular weight excluding hydrogens is 340 g/mol. The van der Waals surface area contributed by atoms with Gasteiger partial charge < -0.3 is 9.80 Å². The molecule has 2 amide bonds. The third kappa shape index (κ3) is 4.76. The van der Waals surface area contributed by atoms with Gasteiger partial charge in [-0.25, -0.2) is 0 Å². The van der Waals surface area contributed by atoms with Crippen LogP contribution < -0.4 is 0 Å². The molecule has 3 rings (SSSR count). The molecule has 0 aromatic heterocycles. The zero-order valence-corrected chi connectivity index (χ0v) is 16.4. The molecule has 2 aliphatic heterocycles. The fraction of sp³-hybridized carbons (Fsp3) is 0.591. The molecule has 2 fully saturated rings. The Morgan fingerprint density at radius 3 is 2.30 bits per heavy atom. The first-order valence-corrected chi connectivity index (χ1v) is 10.1. The molecular formula is C22H30N2O3. The van der Waals surface area contributed by atoms with Crippen LogP contribution in [0.4, 0.5) is 0 Å². The van der Waals surface area contributed by atoms with E-state index in [1.807, 2.05) is 36.1 Å². The van der Waals surface area contributed by atoms with Gasteiger partial charge in [0.1, 0.15) is 6.04 Å². The van der Waals surface area contributed by atoms with Gasteiger partial charge >= 0.3 is 0 Å². The topological polar surface area (TPSA) is 57.7 Å². The van der Waals surface area contributed by atoms with Gasteiger partial charge in [0.05, 0.1) is 0 Å². The third-order valence-electron chi connectivity index (χ3n) is 5.89. The second kappa shape index (κ2) is 8.68. The zero-order chi connectivity index (χ0) is 19.4. The molecule has 0 aliphatic carbocycles. The Kier molecular flexibility index (Phi) is 6.30. The van der Waals surface area contributed by atoms with E-state index in [2.05, 4.69) is 6.92 Å². The Hall–Kier alpha value is -2.17. The number of carbonyl (C=O) groups is 3. The number of rotatable bonds is 5. The van der Waals surface area contributed by atoms with E-state index in [-0.39, 0.29) is 36.5 Å². The molecule has 2 saturated heterocycles. The monoisotopic (exact) mass is 370 g/mol. The smallest absolute Gasteiger partial charge is 0.245 e. The average molecular weight is 370 g/mol. The maximum absolute atomic E-state index is 12.9. The maximum atomic E-state index is 12.9. The standard InChI is InChI=1S/C22H30N2O3/c1-16-5-7-18(8-6-16)20(25)9-10-21(26)24-13-3-4-19(24)22(27)23-14-11-17(2)12-15-23/h5-8,17,19H,3-4,9-15H2,1-2H3/t19-/m1/s1. The molecule has 146 valence electrons. The van der Waals surface area contributed by atoms with Crippen molar-refractivity contribution in [1.82, 2.24) is 9.80 Å². The third-order valence-corrected chi connectivity index (χ3v) is 5.89. The predicted octanol–water partition coefficient (Wildman–Crippen LogP) is 3.21. The highest BCUT2D eigenvalue weighted by Crippen LogP contribution is 2.24. The van der Waals surface area contributed by atoms with Crippen LogP contribution in [0.5, 0.6) is 0 Å². The van der Waals surface area contributed by atoms with Crippen LogP contribution in [0.15, 0.2) is 24.3 Å². The van der Waals surface area contributed by atoms with Crippen molar-refractivity contribution in [2.24, 2.45) is 5.92 Å². The predicted molar refractivity (Wildman–Crippen MR) is 104 cm³/mol. The molecule has 0 unspecified atom stereocenters. The molecule has 0 bridgehead atoms. The minimum Gasteiger partial charge on any atom is -0.341 e. The molecule has 0 saturated carbocycles. The number of carbonyl (C=O) groups excluding carboxylic acids is 3. The van der Waals surface area contributed by atoms with Gasteiger partial charge in [-0.05, 0) is 38.5 Å². The molecule has 1 aromatic carbocycles. The van der Waals surface area contributed by atoms with Gasteiger partial charge in [-0.1, -0.05) is 36.8 Å². The van der Waals surface area contributed by atoms with Crippen LogP contribution in [0.2, 0.25) is 0 Å². The normalized spacial score (nSPS) is 20.7. The lowest BCUT2D eigenvalue weighted by atomic mass is 9.98. The van der Waals surface area contributed by atoms with E-state index >= 15 is 0 Å². The van der Waals surface area contributed by atoms with Gasteiger partial charge in [-0.2, -0.15) is 0 Å². The lowest BCUT2D eigenvalue weighted by Gasteiger charge is -2.34. The Balaban J connectivity index is 1.54. The molecule has 5 heteroatoms. The Morgan fingerprint density at radius 1 is 0.963 bits per heavy atom. The van der Waals surface area contributed by atoms with Gasteiger partial charge in [0, 0.05) is 38.0 Å². The maximum Gasteiger partial charge on any atom is 0.245 e. The van der Waals surface area contributed by atoms with E-state index in [0.717, 1.165) is 44.3 Å². The number of nitrogens with zero attached hydrogens (tertiary/aromatic N) is 2. The number of benzene rings is 1. The Morgan fingerprint density at radius 2 is 1.63 bits per heavy atom. The summed E-state index contributed by atoms with van der Waals surface area (Å²) in [5.41, 5.74) is 1.75. The zero-order valence-electron chi connectivity index (χ0n) is 16.4. The van der Waals surface area contributed by atoms with Crippen molar-refractivity contribution in [1.29, 1.82) is 0 Å². The summed E-state index contributed by atoms with van der Waals surface area (Å²) >= 11 is 0. The van der Waals surface area contributed by atoms with Crippen LogP contribution in [0.3, 0.4) is 0 Å². The Bertz CT molecular complexity index is 690. The van der Waals surface area contributed by atoms with E-state index in [1.54, 1.807) is 4.90 Å². The molecule has 0 radical (unpaired) electrons. The van der Waals surface area contributed by atoms with Gasteiger partial charge in [-0.3, -0.25) is 14.4 Å². The lowest BCUT2D eigenvalue weighted by molar-refractivity contribution is -0.144. The minimum atomic E-state index is -0.333. The summed E-state index contributed by atoms with van der Waals surface area (Å²) in [6.07, 6.45) is 4.05. The van der Waals surface area contributed by atoms with Crippen LogP contribution >= 0.6 is 0 Å². The summed E-state index contributed by atoms with van der Waals surface area (Å²) in [6, 6.07) is 7.09. The van der Waals surface area contributed by atoms with E-state index in [4.69, 9.17) is 0 Å². The highest BCUT2D eigenvalue weighted by atomic mass is 16.2. The number of likely N-dealkylation sites (tertiary alicyclic amines) is 2. The summed E-state index contributed by atoms with van der Waals surface area (Å²) in [6.45, 7) is 6.41. The van der Waals surface area contributed by atoms with Crippen molar-refractivity contribution in [3.63, 3.8) is 0 Å². The molecule has 2 aliphatic rings. The molecule has 1 atom stereocenters. The first-order valence-electron chi connectivity index (χ1n) is 10.1. The number of ketones is 1. The molecule has 5 nitrogen and oxygen atoms in total. The summed E-state index contributed by atoms with van der Waals surface area (Å²) < 4.78 is 0. The number of hydrogen-bond donors (Lipinski definition) is 0. The SMILES string of the molecule is Cc1ccc(C(=O)CCC(=O)N2CCC[C@@H]2C(=O)N2CCC(C)CC2)cc1. The molecule has 2 heterocycles. The number of Topliss-reactive ketones (excluding diaryl/α,β-unsaturated/α-hetero) is 1. The van der Waals surface area contributed by atoms with Gasteiger partial charge in [0.15, 0.2) is 5.78 Å². The van der Waals surface area contributed by atoms with Crippen molar-refractivity contribution in [2.75, 3.05) is 19.6 Å². The van der Waals surface area contributed by atoms with E-state index in [9.17, 15) is 14.4 Å². The number of hydrogen-bond acceptors (Lipinski definition) is 3. The van der Waals surface area contributed by atoms with Crippen molar-refractivity contribution in [3.05, 3.63) is 35.4 Å². The fourth-order valence-corrected chi connectivity index (χ4v) is 4.01. The van der Waals surface area contributed by atoms with E-state index < -0.39 is 0 Å².